The van der Waals surface area contributed by atoms with Crippen molar-refractivity contribution in [3.63, 3.8) is 0 Å². The largest absolute Gasteiger partial charge is 0.388 e. The Morgan fingerprint density at radius 2 is 2.00 bits per heavy atom. The standard InChI is InChI=1S/C22H33NO2/c1-14-15-4-8-21(18(14)24)9-5-16-20(2)6-3-7-22(16,17(21)12-15)19-23(13-20)10-11-25-19/h15-19,24H,1,3-13H2,2H3/t15-,16+,17+,18+,19-,20-,21-,22?/m0/s1. The Kier molecular flexibility index (Phi) is 2.95. The van der Waals surface area contributed by atoms with Crippen LogP contribution in [0, 0.1) is 34.0 Å². The van der Waals surface area contributed by atoms with Crippen LogP contribution in [0.1, 0.15) is 58.3 Å². The zero-order valence-electron chi connectivity index (χ0n) is 15.7. The Balaban J connectivity index is 1.53. The van der Waals surface area contributed by atoms with Gasteiger partial charge in [-0.25, -0.2) is 0 Å². The van der Waals surface area contributed by atoms with Crippen molar-refractivity contribution < 1.29 is 9.84 Å². The second-order valence-electron chi connectivity index (χ2n) is 10.6. The topological polar surface area (TPSA) is 32.7 Å². The van der Waals surface area contributed by atoms with Crippen LogP contribution in [0.2, 0.25) is 0 Å². The number of ether oxygens (including phenoxy) is 1. The molecule has 7 rings (SSSR count). The van der Waals surface area contributed by atoms with Gasteiger partial charge in [-0.05, 0) is 73.7 Å². The molecule has 0 aromatic carbocycles. The highest BCUT2D eigenvalue weighted by Gasteiger charge is 2.73. The first-order valence-electron chi connectivity index (χ1n) is 10.7. The molecule has 3 nitrogen and oxygen atoms in total. The molecule has 1 N–H and O–H groups in total. The van der Waals surface area contributed by atoms with Crippen LogP contribution in [-0.2, 0) is 4.74 Å². The fourth-order valence-corrected chi connectivity index (χ4v) is 9.23. The maximum Gasteiger partial charge on any atom is 0.117 e. The average molecular weight is 344 g/mol. The molecule has 5 aliphatic carbocycles. The van der Waals surface area contributed by atoms with Gasteiger partial charge in [0.2, 0.25) is 0 Å². The molecular weight excluding hydrogens is 310 g/mol. The maximum absolute atomic E-state index is 11.3. The predicted molar refractivity (Wildman–Crippen MR) is 96.8 cm³/mol. The van der Waals surface area contributed by atoms with Gasteiger partial charge in [-0.2, -0.15) is 0 Å². The molecule has 1 unspecified atom stereocenters. The molecule has 25 heavy (non-hydrogen) atoms. The van der Waals surface area contributed by atoms with E-state index < -0.39 is 0 Å². The molecule has 5 saturated carbocycles. The summed E-state index contributed by atoms with van der Waals surface area (Å²) in [5, 5.41) is 11.3. The van der Waals surface area contributed by atoms with E-state index in [1.807, 2.05) is 0 Å². The van der Waals surface area contributed by atoms with E-state index in [9.17, 15) is 5.11 Å². The van der Waals surface area contributed by atoms with Crippen molar-refractivity contribution in [1.82, 2.24) is 4.90 Å². The van der Waals surface area contributed by atoms with Gasteiger partial charge < -0.3 is 9.84 Å². The molecule has 0 aromatic rings. The molecule has 0 radical (unpaired) electrons. The minimum absolute atomic E-state index is 0.107. The van der Waals surface area contributed by atoms with E-state index in [0.717, 1.165) is 24.6 Å². The fourth-order valence-electron chi connectivity index (χ4n) is 9.23. The van der Waals surface area contributed by atoms with Gasteiger partial charge in [0.1, 0.15) is 6.23 Å². The van der Waals surface area contributed by atoms with Crippen LogP contribution in [-0.4, -0.2) is 42.0 Å². The molecule has 2 heterocycles. The Labute approximate surface area is 151 Å². The molecule has 1 spiro atoms. The molecule has 0 amide bonds. The maximum atomic E-state index is 11.3. The van der Waals surface area contributed by atoms with Crippen LogP contribution in [0.3, 0.4) is 0 Å². The lowest BCUT2D eigenvalue weighted by Gasteiger charge is -2.73. The molecular formula is C22H33NO2. The quantitative estimate of drug-likeness (QED) is 0.683. The Bertz CT molecular complexity index is 634. The van der Waals surface area contributed by atoms with E-state index in [4.69, 9.17) is 4.74 Å². The van der Waals surface area contributed by atoms with Crippen LogP contribution in [0.4, 0.5) is 0 Å². The lowest BCUT2D eigenvalue weighted by Crippen LogP contribution is -2.73. The fraction of sp³-hybridized carbons (Fsp3) is 0.909. The van der Waals surface area contributed by atoms with Gasteiger partial charge in [0, 0.05) is 23.9 Å². The number of rotatable bonds is 0. The van der Waals surface area contributed by atoms with Crippen molar-refractivity contribution in [3.8, 4) is 0 Å². The minimum Gasteiger partial charge on any atom is -0.388 e. The number of piperidine rings is 1. The molecule has 0 aromatic heterocycles. The molecule has 8 atom stereocenters. The van der Waals surface area contributed by atoms with Crippen molar-refractivity contribution >= 4 is 0 Å². The average Bonchev–Trinajstić information content (AvgIpc) is 3.06. The van der Waals surface area contributed by atoms with Gasteiger partial charge in [0.15, 0.2) is 0 Å². The van der Waals surface area contributed by atoms with E-state index in [-0.39, 0.29) is 11.5 Å². The third-order valence-corrected chi connectivity index (χ3v) is 10.00. The summed E-state index contributed by atoms with van der Waals surface area (Å²) in [4.78, 5) is 2.69. The van der Waals surface area contributed by atoms with E-state index >= 15 is 0 Å². The van der Waals surface area contributed by atoms with Crippen molar-refractivity contribution in [2.24, 2.45) is 34.0 Å². The van der Waals surface area contributed by atoms with Gasteiger partial charge in [-0.1, -0.05) is 19.9 Å². The van der Waals surface area contributed by atoms with Crippen LogP contribution >= 0.6 is 0 Å². The number of hydrogen-bond donors (Lipinski definition) is 1. The summed E-state index contributed by atoms with van der Waals surface area (Å²) in [6.07, 6.45) is 10.4. The summed E-state index contributed by atoms with van der Waals surface area (Å²) < 4.78 is 6.49. The molecule has 2 saturated heterocycles. The minimum atomic E-state index is -0.259. The van der Waals surface area contributed by atoms with Crippen LogP contribution < -0.4 is 0 Å². The van der Waals surface area contributed by atoms with E-state index in [1.165, 1.54) is 57.9 Å². The summed E-state index contributed by atoms with van der Waals surface area (Å²) in [6.45, 7) is 10.2. The lowest BCUT2D eigenvalue weighted by atomic mass is 9.34. The van der Waals surface area contributed by atoms with Crippen LogP contribution in [0.25, 0.3) is 0 Å². The van der Waals surface area contributed by atoms with Crippen molar-refractivity contribution in [2.75, 3.05) is 19.7 Å². The summed E-state index contributed by atoms with van der Waals surface area (Å²) in [6, 6.07) is 0. The summed E-state index contributed by atoms with van der Waals surface area (Å²) in [5.74, 6) is 1.99. The van der Waals surface area contributed by atoms with E-state index in [0.29, 0.717) is 28.9 Å². The highest BCUT2D eigenvalue weighted by Crippen LogP contribution is 2.75. The van der Waals surface area contributed by atoms with Crippen molar-refractivity contribution in [2.45, 2.75) is 70.6 Å². The van der Waals surface area contributed by atoms with Gasteiger partial charge in [0.05, 0.1) is 12.7 Å². The Hall–Kier alpha value is -0.380. The first kappa shape index (κ1) is 15.7. The zero-order valence-corrected chi connectivity index (χ0v) is 15.7. The lowest BCUT2D eigenvalue weighted by molar-refractivity contribution is -0.290. The smallest absolute Gasteiger partial charge is 0.117 e. The normalized spacial score (nSPS) is 60.1. The van der Waals surface area contributed by atoms with E-state index in [2.05, 4.69) is 18.4 Å². The first-order chi connectivity index (χ1) is 12.0. The van der Waals surface area contributed by atoms with Gasteiger partial charge >= 0.3 is 0 Å². The molecule has 4 bridgehead atoms. The summed E-state index contributed by atoms with van der Waals surface area (Å²) in [7, 11) is 0. The Morgan fingerprint density at radius 1 is 1.16 bits per heavy atom. The number of aliphatic hydroxyl groups excluding tert-OH is 1. The second-order valence-corrected chi connectivity index (χ2v) is 10.6. The number of fused-ring (bicyclic) bond motifs is 3. The van der Waals surface area contributed by atoms with Gasteiger partial charge in [0.25, 0.3) is 0 Å². The number of hydrogen-bond acceptors (Lipinski definition) is 3. The predicted octanol–water partition coefficient (Wildman–Crippen LogP) is 3.58. The summed E-state index contributed by atoms with van der Waals surface area (Å²) in [5.41, 5.74) is 2.02. The molecule has 7 aliphatic rings. The highest BCUT2D eigenvalue weighted by atomic mass is 16.5. The number of aliphatic hydroxyl groups is 1. The van der Waals surface area contributed by atoms with Crippen molar-refractivity contribution in [1.29, 1.82) is 0 Å². The molecule has 2 aliphatic heterocycles. The highest BCUT2D eigenvalue weighted by molar-refractivity contribution is 5.28. The van der Waals surface area contributed by atoms with E-state index in [1.54, 1.807) is 0 Å². The Morgan fingerprint density at radius 3 is 2.88 bits per heavy atom. The third kappa shape index (κ3) is 1.62. The SMILES string of the molecule is C=C1[C@H]2CC[C@@]3(CC[C@H]4C5(CCC[C@@]4(C)CN4CCO[C@H]45)[C@@H]3C2)[C@@H]1O. The monoisotopic (exact) mass is 343 g/mol. The first-order valence-corrected chi connectivity index (χ1v) is 10.7. The molecule has 7 fully saturated rings. The van der Waals surface area contributed by atoms with Crippen LogP contribution in [0.5, 0.6) is 0 Å². The third-order valence-electron chi connectivity index (χ3n) is 10.00. The zero-order chi connectivity index (χ0) is 17.0. The van der Waals surface area contributed by atoms with Gasteiger partial charge in [-0.3, -0.25) is 4.90 Å². The van der Waals surface area contributed by atoms with Crippen LogP contribution in [0.15, 0.2) is 12.2 Å². The summed E-state index contributed by atoms with van der Waals surface area (Å²) >= 11 is 0. The second kappa shape index (κ2) is 4.72. The number of nitrogens with zero attached hydrogens (tertiary/aromatic N) is 1. The molecule has 3 heteroatoms. The molecule has 138 valence electrons. The van der Waals surface area contributed by atoms with Crippen molar-refractivity contribution in [3.05, 3.63) is 12.2 Å². The van der Waals surface area contributed by atoms with Gasteiger partial charge in [-0.15, -0.1) is 0 Å².